The van der Waals surface area contributed by atoms with E-state index in [0.717, 1.165) is 12.7 Å². The van der Waals surface area contributed by atoms with Gasteiger partial charge in [0.25, 0.3) is 0 Å². The number of carbonyl (C=O) groups excluding carboxylic acids is 1. The Bertz CT molecular complexity index is 697. The van der Waals surface area contributed by atoms with Crippen molar-refractivity contribution in [3.8, 4) is 0 Å². The summed E-state index contributed by atoms with van der Waals surface area (Å²) in [5.41, 5.74) is -0.462. The summed E-state index contributed by atoms with van der Waals surface area (Å²) in [6, 6.07) is 0. The van der Waals surface area contributed by atoms with E-state index in [1.54, 1.807) is 0 Å². The van der Waals surface area contributed by atoms with Crippen molar-refractivity contribution >= 4 is 22.9 Å². The summed E-state index contributed by atoms with van der Waals surface area (Å²) in [6.07, 6.45) is 2.00. The summed E-state index contributed by atoms with van der Waals surface area (Å²) in [7, 11) is -4.08. The maximum Gasteiger partial charge on any atom is 0.204 e. The average molecular weight is 441 g/mol. The molecule has 0 N–H and O–H groups in total. The van der Waals surface area contributed by atoms with Crippen molar-refractivity contribution in [3.05, 3.63) is 0 Å². The van der Waals surface area contributed by atoms with Gasteiger partial charge in [-0.25, -0.2) is 0 Å². The minimum absolute atomic E-state index is 0.0209. The maximum absolute atomic E-state index is 12.7. The fourth-order valence-corrected chi connectivity index (χ4v) is 14.8. The highest BCUT2D eigenvalue weighted by molar-refractivity contribution is 6.77. The lowest BCUT2D eigenvalue weighted by Gasteiger charge is -2.69. The highest BCUT2D eigenvalue weighted by Gasteiger charge is 2.95. The van der Waals surface area contributed by atoms with Crippen LogP contribution in [0.25, 0.3) is 0 Å². The molecule has 3 aliphatic carbocycles. The zero-order valence-corrected chi connectivity index (χ0v) is 21.9. The van der Waals surface area contributed by atoms with Gasteiger partial charge < -0.3 is 23.1 Å². The zero-order chi connectivity index (χ0) is 21.8. The molecule has 3 saturated heterocycles. The van der Waals surface area contributed by atoms with Crippen molar-refractivity contribution < 1.29 is 23.1 Å². The second-order valence-corrected chi connectivity index (χ2v) is 21.9. The van der Waals surface area contributed by atoms with Gasteiger partial charge in [0, 0.05) is 12.3 Å². The molecule has 0 aromatic carbocycles. The smallest absolute Gasteiger partial charge is 0.204 e. The minimum Gasteiger partial charge on any atom is -0.408 e. The standard InChI is InChI=1S/C22H40O5Si2/c1-14(2)29(15(3)4,16(5)6)26-21-12-19(7)22(27-28(8,9)10)11-17(21)20(22,13-23)18(24-19)25-21/h13-18H,11-12H2,1-10H3/t17-,18-,19+,20-,21+,22+/m1/s1. The number of hydrogen-bond donors (Lipinski definition) is 0. The SMILES string of the molecule is CC(C)[Si](O[C@]12C[C@]3(C)O[C@H](O1)[C@@]1(C=O)[C@H]2C[C@@]13O[Si](C)(C)C)(C(C)C)C(C)C. The fraction of sp³-hybridized carbons (Fsp3) is 0.955. The van der Waals surface area contributed by atoms with Crippen LogP contribution >= 0.6 is 0 Å². The molecule has 0 spiro atoms. The number of carbonyl (C=O) groups is 1. The molecule has 5 nitrogen and oxygen atoms in total. The van der Waals surface area contributed by atoms with E-state index < -0.39 is 45.3 Å². The Kier molecular flexibility index (Phi) is 4.61. The molecule has 6 fully saturated rings. The predicted molar refractivity (Wildman–Crippen MR) is 118 cm³/mol. The number of ether oxygens (including phenoxy) is 2. The third kappa shape index (κ3) is 2.32. The molecule has 166 valence electrons. The molecule has 0 radical (unpaired) electrons. The third-order valence-corrected chi connectivity index (χ3v) is 15.6. The van der Waals surface area contributed by atoms with E-state index in [1.807, 2.05) is 0 Å². The van der Waals surface area contributed by atoms with Gasteiger partial charge in [-0.3, -0.25) is 0 Å². The topological polar surface area (TPSA) is 54.0 Å². The lowest BCUT2D eigenvalue weighted by atomic mass is 9.41. The maximum atomic E-state index is 12.7. The zero-order valence-electron chi connectivity index (χ0n) is 19.9. The van der Waals surface area contributed by atoms with Gasteiger partial charge in [0.15, 0.2) is 20.4 Å². The highest BCUT2D eigenvalue weighted by atomic mass is 28.4. The fourth-order valence-electron chi connectivity index (χ4n) is 7.74. The summed E-state index contributed by atoms with van der Waals surface area (Å²) < 4.78 is 27.1. The second-order valence-electron chi connectivity index (χ2n) is 12.1. The first kappa shape index (κ1) is 22.1. The van der Waals surface area contributed by atoms with Crippen LogP contribution in [-0.2, 0) is 23.1 Å². The van der Waals surface area contributed by atoms with Gasteiger partial charge in [-0.1, -0.05) is 41.5 Å². The summed E-state index contributed by atoms with van der Waals surface area (Å²) in [6.45, 7) is 22.5. The molecule has 0 unspecified atom stereocenters. The van der Waals surface area contributed by atoms with Crippen LogP contribution in [0.2, 0.25) is 36.3 Å². The first-order valence-electron chi connectivity index (χ1n) is 11.4. The van der Waals surface area contributed by atoms with Crippen LogP contribution in [0.15, 0.2) is 0 Å². The molecular formula is C22H40O5Si2. The Morgan fingerprint density at radius 1 is 0.966 bits per heavy atom. The first-order chi connectivity index (χ1) is 13.2. The second kappa shape index (κ2) is 6.04. The highest BCUT2D eigenvalue weighted by Crippen LogP contribution is 2.82. The van der Waals surface area contributed by atoms with Crippen LogP contribution in [-0.4, -0.2) is 46.2 Å². The van der Waals surface area contributed by atoms with E-state index in [1.165, 1.54) is 0 Å². The molecule has 6 rings (SSSR count). The molecule has 0 amide bonds. The van der Waals surface area contributed by atoms with Gasteiger partial charge in [-0.2, -0.15) is 0 Å². The van der Waals surface area contributed by atoms with Crippen LogP contribution in [0.4, 0.5) is 0 Å². The van der Waals surface area contributed by atoms with E-state index >= 15 is 0 Å². The molecule has 7 heteroatoms. The number of aldehydes is 1. The summed E-state index contributed by atoms with van der Waals surface area (Å²) in [5.74, 6) is -0.693. The molecular weight excluding hydrogens is 400 g/mol. The van der Waals surface area contributed by atoms with Crippen molar-refractivity contribution in [1.82, 2.24) is 0 Å². The van der Waals surface area contributed by atoms with Crippen LogP contribution < -0.4 is 0 Å². The minimum atomic E-state index is -2.19. The summed E-state index contributed by atoms with van der Waals surface area (Å²) in [4.78, 5) is 12.7. The molecule has 3 heterocycles. The van der Waals surface area contributed by atoms with E-state index in [0.29, 0.717) is 23.0 Å². The molecule has 0 aromatic rings. The van der Waals surface area contributed by atoms with Gasteiger partial charge in [-0.15, -0.1) is 0 Å². The van der Waals surface area contributed by atoms with Crippen molar-refractivity contribution in [2.45, 2.75) is 121 Å². The average Bonchev–Trinajstić information content (AvgIpc) is 2.74. The molecule has 3 aliphatic heterocycles. The van der Waals surface area contributed by atoms with E-state index in [4.69, 9.17) is 18.3 Å². The van der Waals surface area contributed by atoms with Crippen LogP contribution in [0.3, 0.4) is 0 Å². The van der Waals surface area contributed by atoms with Crippen molar-refractivity contribution in [2.24, 2.45) is 11.3 Å². The van der Waals surface area contributed by atoms with Gasteiger partial charge in [0.1, 0.15) is 22.9 Å². The monoisotopic (exact) mass is 440 g/mol. The quantitative estimate of drug-likeness (QED) is 0.383. The third-order valence-electron chi connectivity index (χ3n) is 8.53. The lowest BCUT2D eigenvalue weighted by molar-refractivity contribution is -0.372. The Morgan fingerprint density at radius 2 is 1.52 bits per heavy atom. The van der Waals surface area contributed by atoms with Crippen molar-refractivity contribution in [2.75, 3.05) is 0 Å². The lowest BCUT2D eigenvalue weighted by Crippen LogP contribution is -2.81. The summed E-state index contributed by atoms with van der Waals surface area (Å²) in [5, 5.41) is 0. The Balaban J connectivity index is 1.79. The van der Waals surface area contributed by atoms with Crippen LogP contribution in [0, 0.1) is 11.3 Å². The Morgan fingerprint density at radius 3 is 1.97 bits per heavy atom. The van der Waals surface area contributed by atoms with Crippen LogP contribution in [0.1, 0.15) is 61.3 Å². The van der Waals surface area contributed by atoms with Crippen LogP contribution in [0.5, 0.6) is 0 Å². The van der Waals surface area contributed by atoms with Gasteiger partial charge in [0.2, 0.25) is 8.32 Å². The predicted octanol–water partition coefficient (Wildman–Crippen LogP) is 5.22. The largest absolute Gasteiger partial charge is 0.408 e. The molecule has 29 heavy (non-hydrogen) atoms. The van der Waals surface area contributed by atoms with Gasteiger partial charge >= 0.3 is 0 Å². The van der Waals surface area contributed by atoms with E-state index in [9.17, 15) is 4.79 Å². The van der Waals surface area contributed by atoms with Crippen molar-refractivity contribution in [3.63, 3.8) is 0 Å². The number of rotatable bonds is 8. The Hall–Kier alpha value is -0.0562. The van der Waals surface area contributed by atoms with Crippen molar-refractivity contribution in [1.29, 1.82) is 0 Å². The van der Waals surface area contributed by atoms with Gasteiger partial charge in [0.05, 0.1) is 0 Å². The Labute approximate surface area is 178 Å². The summed E-state index contributed by atoms with van der Waals surface area (Å²) >= 11 is 0. The molecule has 6 bridgehead atoms. The van der Waals surface area contributed by atoms with E-state index in [2.05, 4.69) is 68.1 Å². The first-order valence-corrected chi connectivity index (χ1v) is 16.9. The normalized spacial score (nSPS) is 45.6. The van der Waals surface area contributed by atoms with E-state index in [-0.39, 0.29) is 5.92 Å². The molecule has 6 aliphatic rings. The molecule has 6 atom stereocenters. The molecule has 3 saturated carbocycles. The number of hydrogen-bond acceptors (Lipinski definition) is 5. The molecule has 0 aromatic heterocycles. The van der Waals surface area contributed by atoms with Gasteiger partial charge in [-0.05, 0) is 49.6 Å².